The van der Waals surface area contributed by atoms with E-state index in [1.54, 1.807) is 4.52 Å². The number of ether oxygens (including phenoxy) is 1. The van der Waals surface area contributed by atoms with Gasteiger partial charge in [0.1, 0.15) is 12.4 Å². The molecule has 0 saturated carbocycles. The summed E-state index contributed by atoms with van der Waals surface area (Å²) >= 11 is 0. The summed E-state index contributed by atoms with van der Waals surface area (Å²) in [6, 6.07) is 11.3. The fraction of sp³-hybridized carbons (Fsp3) is 0.200. The Balaban J connectivity index is 1.53. The average molecular weight is 283 g/mol. The van der Waals surface area contributed by atoms with Crippen molar-refractivity contribution >= 4 is 17.3 Å². The molecule has 3 N–H and O–H groups in total. The number of hydrogen-bond donors (Lipinski definition) is 2. The monoisotopic (exact) mass is 283 g/mol. The predicted molar refractivity (Wildman–Crippen MR) is 82.6 cm³/mol. The van der Waals surface area contributed by atoms with Gasteiger partial charge in [-0.15, -0.1) is 5.10 Å². The van der Waals surface area contributed by atoms with E-state index in [-0.39, 0.29) is 0 Å². The van der Waals surface area contributed by atoms with Crippen molar-refractivity contribution in [1.29, 1.82) is 0 Å². The number of nitrogen functional groups attached to an aromatic ring is 1. The van der Waals surface area contributed by atoms with Crippen molar-refractivity contribution in [2.45, 2.75) is 6.92 Å². The standard InChI is InChI=1S/C15H17N5O/c1-11-2-7-14-18-15(19-20(14)10-11)17-8-9-21-13-5-3-12(16)4-6-13/h2-7,10H,8-9,16H2,1H3,(H,17,19). The molecule has 0 aliphatic rings. The van der Waals surface area contributed by atoms with Gasteiger partial charge in [-0.3, -0.25) is 0 Å². The summed E-state index contributed by atoms with van der Waals surface area (Å²) in [6.45, 7) is 3.17. The van der Waals surface area contributed by atoms with Crippen LogP contribution in [-0.2, 0) is 0 Å². The summed E-state index contributed by atoms with van der Waals surface area (Å²) in [7, 11) is 0. The van der Waals surface area contributed by atoms with Gasteiger partial charge < -0.3 is 15.8 Å². The third-order valence-electron chi connectivity index (χ3n) is 3.01. The molecule has 0 bridgehead atoms. The Morgan fingerprint density at radius 2 is 2.00 bits per heavy atom. The fourth-order valence-electron chi connectivity index (χ4n) is 1.96. The highest BCUT2D eigenvalue weighted by molar-refractivity contribution is 5.44. The van der Waals surface area contributed by atoms with Gasteiger partial charge in [0, 0.05) is 11.9 Å². The SMILES string of the molecule is Cc1ccc2nc(NCCOc3ccc(N)cc3)nn2c1. The Bertz CT molecular complexity index is 735. The molecular formula is C15H17N5O. The normalized spacial score (nSPS) is 10.7. The number of nitrogens with two attached hydrogens (primary N) is 1. The number of nitrogens with one attached hydrogen (secondary N) is 1. The Hall–Kier alpha value is -2.76. The van der Waals surface area contributed by atoms with Crippen LogP contribution in [0.3, 0.4) is 0 Å². The van der Waals surface area contributed by atoms with Crippen molar-refractivity contribution in [3.05, 3.63) is 48.2 Å². The van der Waals surface area contributed by atoms with Gasteiger partial charge in [0.15, 0.2) is 5.65 Å². The lowest BCUT2D eigenvalue weighted by molar-refractivity contribution is 0.332. The molecule has 0 fully saturated rings. The topological polar surface area (TPSA) is 77.5 Å². The first-order valence-corrected chi connectivity index (χ1v) is 6.76. The van der Waals surface area contributed by atoms with Crippen LogP contribution in [0, 0.1) is 6.92 Å². The predicted octanol–water partition coefficient (Wildman–Crippen LogP) is 2.11. The smallest absolute Gasteiger partial charge is 0.243 e. The molecule has 0 unspecified atom stereocenters. The van der Waals surface area contributed by atoms with Gasteiger partial charge >= 0.3 is 0 Å². The lowest BCUT2D eigenvalue weighted by Crippen LogP contribution is -2.12. The maximum absolute atomic E-state index is 5.62. The molecule has 6 nitrogen and oxygen atoms in total. The van der Waals surface area contributed by atoms with Crippen molar-refractivity contribution in [1.82, 2.24) is 14.6 Å². The number of anilines is 2. The number of rotatable bonds is 5. The fourth-order valence-corrected chi connectivity index (χ4v) is 1.96. The van der Waals surface area contributed by atoms with E-state index >= 15 is 0 Å². The van der Waals surface area contributed by atoms with Gasteiger partial charge in [-0.1, -0.05) is 6.07 Å². The molecule has 3 aromatic rings. The van der Waals surface area contributed by atoms with E-state index in [0.717, 1.165) is 22.6 Å². The van der Waals surface area contributed by atoms with Crippen LogP contribution in [0.25, 0.3) is 5.65 Å². The van der Waals surface area contributed by atoms with Crippen molar-refractivity contribution in [3.63, 3.8) is 0 Å². The Morgan fingerprint density at radius 3 is 2.81 bits per heavy atom. The number of hydrogen-bond acceptors (Lipinski definition) is 5. The van der Waals surface area contributed by atoms with Crippen LogP contribution in [0.2, 0.25) is 0 Å². The first-order chi connectivity index (χ1) is 10.2. The van der Waals surface area contributed by atoms with Crippen LogP contribution in [0.4, 0.5) is 11.6 Å². The highest BCUT2D eigenvalue weighted by Crippen LogP contribution is 2.13. The molecule has 3 rings (SSSR count). The quantitative estimate of drug-likeness (QED) is 0.554. The zero-order valence-electron chi connectivity index (χ0n) is 11.8. The van der Waals surface area contributed by atoms with E-state index < -0.39 is 0 Å². The van der Waals surface area contributed by atoms with Crippen molar-refractivity contribution in [3.8, 4) is 5.75 Å². The van der Waals surface area contributed by atoms with Gasteiger partial charge in [0.2, 0.25) is 5.95 Å². The van der Waals surface area contributed by atoms with Gasteiger partial charge in [0.25, 0.3) is 0 Å². The minimum absolute atomic E-state index is 0.526. The van der Waals surface area contributed by atoms with E-state index in [4.69, 9.17) is 10.5 Å². The minimum atomic E-state index is 0.526. The van der Waals surface area contributed by atoms with Gasteiger partial charge in [0.05, 0.1) is 6.54 Å². The second-order valence-electron chi connectivity index (χ2n) is 4.79. The number of fused-ring (bicyclic) bond motifs is 1. The van der Waals surface area contributed by atoms with Crippen LogP contribution in [0.5, 0.6) is 5.75 Å². The maximum Gasteiger partial charge on any atom is 0.243 e. The highest BCUT2D eigenvalue weighted by atomic mass is 16.5. The third kappa shape index (κ3) is 3.22. The summed E-state index contributed by atoms with van der Waals surface area (Å²) in [5, 5.41) is 7.49. The van der Waals surface area contributed by atoms with E-state index in [0.29, 0.717) is 19.1 Å². The Morgan fingerprint density at radius 1 is 1.19 bits per heavy atom. The second kappa shape index (κ2) is 5.70. The number of pyridine rings is 1. The summed E-state index contributed by atoms with van der Waals surface area (Å²) in [4.78, 5) is 4.38. The van der Waals surface area contributed by atoms with E-state index in [1.807, 2.05) is 49.5 Å². The molecule has 0 aliphatic carbocycles. The van der Waals surface area contributed by atoms with Crippen LogP contribution >= 0.6 is 0 Å². The largest absolute Gasteiger partial charge is 0.492 e. The summed E-state index contributed by atoms with van der Waals surface area (Å²) in [5.74, 6) is 1.39. The number of benzene rings is 1. The van der Waals surface area contributed by atoms with Crippen LogP contribution in [-0.4, -0.2) is 27.7 Å². The molecule has 0 radical (unpaired) electrons. The first-order valence-electron chi connectivity index (χ1n) is 6.76. The molecule has 0 spiro atoms. The molecule has 6 heteroatoms. The Kier molecular flexibility index (Phi) is 3.59. The number of aromatic nitrogens is 3. The van der Waals surface area contributed by atoms with Crippen LogP contribution < -0.4 is 15.8 Å². The zero-order valence-corrected chi connectivity index (χ0v) is 11.8. The van der Waals surface area contributed by atoms with E-state index in [1.165, 1.54) is 0 Å². The summed E-state index contributed by atoms with van der Waals surface area (Å²) in [5.41, 5.74) is 8.31. The van der Waals surface area contributed by atoms with Crippen molar-refractivity contribution < 1.29 is 4.74 Å². The lowest BCUT2D eigenvalue weighted by atomic mass is 10.3. The van der Waals surface area contributed by atoms with Gasteiger partial charge in [-0.05, 0) is 42.8 Å². The summed E-state index contributed by atoms with van der Waals surface area (Å²) in [6.07, 6.45) is 1.94. The van der Waals surface area contributed by atoms with Crippen LogP contribution in [0.15, 0.2) is 42.6 Å². The maximum atomic E-state index is 5.62. The summed E-state index contributed by atoms with van der Waals surface area (Å²) < 4.78 is 7.36. The Labute approximate surface area is 122 Å². The van der Waals surface area contributed by atoms with Crippen molar-refractivity contribution in [2.75, 3.05) is 24.2 Å². The number of nitrogens with zero attached hydrogens (tertiary/aromatic N) is 3. The third-order valence-corrected chi connectivity index (χ3v) is 3.01. The molecule has 108 valence electrons. The molecule has 0 aliphatic heterocycles. The molecular weight excluding hydrogens is 266 g/mol. The molecule has 1 aromatic carbocycles. The molecule has 2 aromatic heterocycles. The molecule has 2 heterocycles. The zero-order chi connectivity index (χ0) is 14.7. The molecule has 0 saturated heterocycles. The first kappa shape index (κ1) is 13.2. The van der Waals surface area contributed by atoms with Crippen LogP contribution in [0.1, 0.15) is 5.56 Å². The van der Waals surface area contributed by atoms with E-state index in [2.05, 4.69) is 15.4 Å². The average Bonchev–Trinajstić information content (AvgIpc) is 2.87. The minimum Gasteiger partial charge on any atom is -0.492 e. The molecule has 0 amide bonds. The molecule has 0 atom stereocenters. The number of aryl methyl sites for hydroxylation is 1. The van der Waals surface area contributed by atoms with Gasteiger partial charge in [-0.25, -0.2) is 4.52 Å². The lowest BCUT2D eigenvalue weighted by Gasteiger charge is -2.06. The van der Waals surface area contributed by atoms with Gasteiger partial charge in [-0.2, -0.15) is 4.98 Å². The highest BCUT2D eigenvalue weighted by Gasteiger charge is 2.02. The van der Waals surface area contributed by atoms with Crippen molar-refractivity contribution in [2.24, 2.45) is 0 Å². The molecule has 21 heavy (non-hydrogen) atoms. The second-order valence-corrected chi connectivity index (χ2v) is 4.79. The van der Waals surface area contributed by atoms with E-state index in [9.17, 15) is 0 Å².